The van der Waals surface area contributed by atoms with Crippen LogP contribution in [0.15, 0.2) is 78.9 Å². The van der Waals surface area contributed by atoms with Gasteiger partial charge in [0.15, 0.2) is 0 Å². The Labute approximate surface area is 190 Å². The van der Waals surface area contributed by atoms with Crippen LogP contribution in [-0.4, -0.2) is 34.9 Å². The molecular weight excluding hydrogens is 429 g/mol. The van der Waals surface area contributed by atoms with Crippen molar-refractivity contribution < 1.29 is 28.4 Å². The number of rotatable bonds is 9. The van der Waals surface area contributed by atoms with E-state index in [1.54, 1.807) is 42.5 Å². The summed E-state index contributed by atoms with van der Waals surface area (Å²) in [6.07, 6.45) is -0.459. The Morgan fingerprint density at radius 2 is 1.58 bits per heavy atom. The molecule has 0 radical (unpaired) electrons. The molecule has 0 aliphatic heterocycles. The van der Waals surface area contributed by atoms with Crippen LogP contribution in [0, 0.1) is 11.6 Å². The van der Waals surface area contributed by atoms with Gasteiger partial charge in [0.1, 0.15) is 11.6 Å². The third-order valence-electron chi connectivity index (χ3n) is 5.09. The van der Waals surface area contributed by atoms with Crippen LogP contribution in [0.3, 0.4) is 0 Å². The van der Waals surface area contributed by atoms with E-state index in [-0.39, 0.29) is 18.4 Å². The van der Waals surface area contributed by atoms with Gasteiger partial charge in [-0.3, -0.25) is 9.59 Å². The molecule has 0 aliphatic rings. The van der Waals surface area contributed by atoms with Gasteiger partial charge in [-0.25, -0.2) is 8.78 Å². The van der Waals surface area contributed by atoms with Crippen LogP contribution < -0.4 is 10.6 Å². The first kappa shape index (κ1) is 24.1. The maximum absolute atomic E-state index is 14.0. The highest BCUT2D eigenvalue weighted by Gasteiger charge is 2.28. The molecule has 0 saturated heterocycles. The highest BCUT2D eigenvalue weighted by atomic mass is 19.1. The Morgan fingerprint density at radius 3 is 2.24 bits per heavy atom. The second-order valence-electron chi connectivity index (χ2n) is 7.53. The Balaban J connectivity index is 1.75. The van der Waals surface area contributed by atoms with Gasteiger partial charge in [0, 0.05) is 5.56 Å². The quantitative estimate of drug-likeness (QED) is 0.375. The van der Waals surface area contributed by atoms with Gasteiger partial charge in [-0.2, -0.15) is 0 Å². The van der Waals surface area contributed by atoms with Crippen molar-refractivity contribution in [2.45, 2.75) is 24.8 Å². The molecular formula is C24H23BF2N2O4. The molecule has 0 saturated carbocycles. The summed E-state index contributed by atoms with van der Waals surface area (Å²) in [7, 11) is -1.94. The number of halogens is 2. The van der Waals surface area contributed by atoms with E-state index in [9.17, 15) is 28.4 Å². The molecule has 2 amide bonds. The third kappa shape index (κ3) is 6.96. The van der Waals surface area contributed by atoms with E-state index >= 15 is 0 Å². The van der Waals surface area contributed by atoms with E-state index in [0.29, 0.717) is 11.1 Å². The number of hydrogen-bond donors (Lipinski definition) is 4. The van der Waals surface area contributed by atoms with Crippen LogP contribution in [0.4, 0.5) is 8.78 Å². The van der Waals surface area contributed by atoms with E-state index in [1.807, 2.05) is 0 Å². The van der Waals surface area contributed by atoms with Gasteiger partial charge in [-0.05, 0) is 47.9 Å². The SMILES string of the molecule is O=C(CC(NC(=O)c1ccccc1)c1cccc(F)c1)N[C@@H](Cc1ccccc1F)B(O)O. The van der Waals surface area contributed by atoms with Crippen LogP contribution in [-0.2, 0) is 11.2 Å². The monoisotopic (exact) mass is 452 g/mol. The molecule has 9 heteroatoms. The van der Waals surface area contributed by atoms with Crippen molar-refractivity contribution >= 4 is 18.9 Å². The molecule has 0 fully saturated rings. The second kappa shape index (κ2) is 11.4. The van der Waals surface area contributed by atoms with Crippen LogP contribution in [0.5, 0.6) is 0 Å². The Bertz CT molecular complexity index is 1100. The number of benzene rings is 3. The number of hydrogen-bond acceptors (Lipinski definition) is 4. The lowest BCUT2D eigenvalue weighted by Gasteiger charge is -2.22. The summed E-state index contributed by atoms with van der Waals surface area (Å²) in [6.45, 7) is 0. The fraction of sp³-hybridized carbons (Fsp3) is 0.167. The predicted molar refractivity (Wildman–Crippen MR) is 120 cm³/mol. The normalized spacial score (nSPS) is 12.5. The zero-order valence-electron chi connectivity index (χ0n) is 17.6. The largest absolute Gasteiger partial charge is 0.475 e. The molecule has 2 atom stereocenters. The van der Waals surface area contributed by atoms with Gasteiger partial charge in [0.25, 0.3) is 5.91 Å². The minimum absolute atomic E-state index is 0.156. The van der Waals surface area contributed by atoms with Gasteiger partial charge in [-0.1, -0.05) is 48.5 Å². The van der Waals surface area contributed by atoms with E-state index in [1.165, 1.54) is 36.4 Å². The van der Waals surface area contributed by atoms with Gasteiger partial charge < -0.3 is 20.7 Å². The maximum Gasteiger partial charge on any atom is 0.475 e. The molecule has 0 bridgehead atoms. The van der Waals surface area contributed by atoms with Crippen molar-refractivity contribution in [2.24, 2.45) is 0 Å². The lowest BCUT2D eigenvalue weighted by atomic mass is 9.75. The average molecular weight is 452 g/mol. The molecule has 0 heterocycles. The van der Waals surface area contributed by atoms with E-state index in [2.05, 4.69) is 10.6 Å². The summed E-state index contributed by atoms with van der Waals surface area (Å²) in [6, 6.07) is 18.7. The smallest absolute Gasteiger partial charge is 0.426 e. The summed E-state index contributed by atoms with van der Waals surface area (Å²) in [5.41, 5.74) is 0.933. The second-order valence-corrected chi connectivity index (χ2v) is 7.53. The van der Waals surface area contributed by atoms with Crippen molar-refractivity contribution in [1.82, 2.24) is 10.6 Å². The van der Waals surface area contributed by atoms with E-state index < -0.39 is 42.6 Å². The summed E-state index contributed by atoms with van der Waals surface area (Å²) in [4.78, 5) is 25.4. The lowest BCUT2D eigenvalue weighted by Crippen LogP contribution is -2.48. The summed E-state index contributed by atoms with van der Waals surface area (Å²) in [5.74, 6) is -3.34. The van der Waals surface area contributed by atoms with Crippen molar-refractivity contribution in [2.75, 3.05) is 0 Å². The van der Waals surface area contributed by atoms with Gasteiger partial charge in [0.05, 0.1) is 18.4 Å². The van der Waals surface area contributed by atoms with Crippen LogP contribution in [0.1, 0.15) is 33.9 Å². The molecule has 3 aromatic carbocycles. The van der Waals surface area contributed by atoms with Gasteiger partial charge in [-0.15, -0.1) is 0 Å². The van der Waals surface area contributed by atoms with Gasteiger partial charge >= 0.3 is 7.12 Å². The molecule has 0 aliphatic carbocycles. The Hall–Kier alpha value is -3.56. The molecule has 0 aromatic heterocycles. The fourth-order valence-electron chi connectivity index (χ4n) is 3.39. The Morgan fingerprint density at radius 1 is 0.879 bits per heavy atom. The summed E-state index contributed by atoms with van der Waals surface area (Å²) < 4.78 is 27.8. The highest BCUT2D eigenvalue weighted by molar-refractivity contribution is 6.43. The Kier molecular flexibility index (Phi) is 8.29. The lowest BCUT2D eigenvalue weighted by molar-refractivity contribution is -0.122. The molecule has 170 valence electrons. The molecule has 1 unspecified atom stereocenters. The van der Waals surface area contributed by atoms with Crippen LogP contribution in [0.25, 0.3) is 0 Å². The van der Waals surface area contributed by atoms with Crippen molar-refractivity contribution in [3.8, 4) is 0 Å². The highest BCUT2D eigenvalue weighted by Crippen LogP contribution is 2.19. The molecule has 6 nitrogen and oxygen atoms in total. The first-order valence-electron chi connectivity index (χ1n) is 10.3. The molecule has 3 aromatic rings. The summed E-state index contributed by atoms with van der Waals surface area (Å²) in [5, 5.41) is 24.6. The minimum atomic E-state index is -1.94. The number of amides is 2. The zero-order chi connectivity index (χ0) is 23.8. The van der Waals surface area contributed by atoms with Crippen LogP contribution in [0.2, 0.25) is 0 Å². The molecule has 33 heavy (non-hydrogen) atoms. The first-order valence-corrected chi connectivity index (χ1v) is 10.3. The molecule has 0 spiro atoms. The first-order chi connectivity index (χ1) is 15.8. The fourth-order valence-corrected chi connectivity index (χ4v) is 3.39. The third-order valence-corrected chi connectivity index (χ3v) is 5.09. The van der Waals surface area contributed by atoms with Crippen molar-refractivity contribution in [3.05, 3.63) is 107 Å². The standard InChI is InChI=1S/C24H23BF2N2O4/c26-19-11-6-10-18(13-19)21(28-24(31)16-7-2-1-3-8-16)15-23(30)29-22(25(32)33)14-17-9-4-5-12-20(17)27/h1-13,21-22,32-33H,14-15H2,(H,28,31)(H,29,30)/t21?,22-/m0/s1. The van der Waals surface area contributed by atoms with Crippen LogP contribution >= 0.6 is 0 Å². The van der Waals surface area contributed by atoms with E-state index in [4.69, 9.17) is 0 Å². The van der Waals surface area contributed by atoms with E-state index in [0.717, 1.165) is 0 Å². The predicted octanol–water partition coefficient (Wildman–Crippen LogP) is 2.57. The molecule has 4 N–H and O–H groups in total. The number of carbonyl (C=O) groups excluding carboxylic acids is 2. The van der Waals surface area contributed by atoms with Crippen molar-refractivity contribution in [1.29, 1.82) is 0 Å². The minimum Gasteiger partial charge on any atom is -0.426 e. The zero-order valence-corrected chi connectivity index (χ0v) is 17.6. The maximum atomic E-state index is 14.0. The van der Waals surface area contributed by atoms with Gasteiger partial charge in [0.2, 0.25) is 5.91 Å². The summed E-state index contributed by atoms with van der Waals surface area (Å²) >= 11 is 0. The average Bonchev–Trinajstić information content (AvgIpc) is 2.80. The molecule has 3 rings (SSSR count). The number of carbonyl (C=O) groups is 2. The van der Waals surface area contributed by atoms with Crippen molar-refractivity contribution in [3.63, 3.8) is 0 Å². The number of nitrogens with one attached hydrogen (secondary N) is 2. The topological polar surface area (TPSA) is 98.7 Å².